The van der Waals surface area contributed by atoms with Crippen LogP contribution in [0.3, 0.4) is 0 Å². The molecule has 2 amide bonds. The molecule has 0 aliphatic heterocycles. The Bertz CT molecular complexity index is 3160. The van der Waals surface area contributed by atoms with E-state index in [-0.39, 0.29) is 23.3 Å². The fourth-order valence-corrected chi connectivity index (χ4v) is 9.20. The molecule has 0 fully saturated rings. The van der Waals surface area contributed by atoms with Crippen LogP contribution in [0.2, 0.25) is 0 Å². The zero-order valence-electron chi connectivity index (χ0n) is 44.8. The predicted molar refractivity (Wildman–Crippen MR) is 294 cm³/mol. The predicted octanol–water partition coefficient (Wildman–Crippen LogP) is 5.91. The quantitative estimate of drug-likeness (QED) is 0.0143. The number of aromatic nitrogens is 6. The first-order valence-corrected chi connectivity index (χ1v) is 27.3. The first-order chi connectivity index (χ1) is 36.4. The van der Waals surface area contributed by atoms with Crippen LogP contribution in [0.25, 0.3) is 0 Å². The largest absolute Gasteiger partial charge is 0.495 e. The van der Waals surface area contributed by atoms with Gasteiger partial charge in [0.1, 0.15) is 62.2 Å². The van der Waals surface area contributed by atoms with E-state index in [1.165, 1.54) is 26.6 Å². The van der Waals surface area contributed by atoms with Gasteiger partial charge in [-0.3, -0.25) is 35.8 Å². The van der Waals surface area contributed by atoms with Gasteiger partial charge in [0.25, 0.3) is 11.8 Å². The molecule has 0 radical (unpaired) electrons. The van der Waals surface area contributed by atoms with Gasteiger partial charge in [-0.05, 0) is 112 Å². The Morgan fingerprint density at radius 3 is 1.44 bits per heavy atom. The standard InChI is InChI=1S/C26H32N6O5S.C9H15N3O2S.C9H9NO2S.C7H9N3O/c1-16-10-20(14-27-11-16)26(33)32-31-23(30-24-21(36-5)8-7-9-22(24)37-6)15-38(34,35)19(4)18(3)25-28-12-17(2)13-29-25;1-6-4-11-9(12-5-6)7(2)8(3)15(10,13)14;1-11-7-4-3-5-8(12-2)9(7)13-6-10;1-5-2-6(4-9-3-5)7(11)10-8/h7-14,18-19H,15H2,1-6H3,(H,30,31)(H,32,33);4-5,7-8H,1-3H3,(H2,10,13,14);3-5H,1-2H3;2-4H,8H2,1H3,(H,10,11)/t18-,19-;7-,8-;;/m00../s1. The van der Waals surface area contributed by atoms with Gasteiger partial charge in [0.05, 0.1) is 50.1 Å². The molecule has 6 rings (SSSR count). The summed E-state index contributed by atoms with van der Waals surface area (Å²) in [5.41, 5.74) is 11.8. The van der Waals surface area contributed by atoms with Gasteiger partial charge in [-0.2, -0.15) is 5.26 Å². The molecule has 26 heteroatoms. The summed E-state index contributed by atoms with van der Waals surface area (Å²) in [4.78, 5) is 53.5. The normalized spacial score (nSPS) is 12.6. The van der Waals surface area contributed by atoms with E-state index in [1.54, 1.807) is 122 Å². The Hall–Kier alpha value is -7.83. The maximum absolute atomic E-state index is 13.5. The number of pyridine rings is 2. The summed E-state index contributed by atoms with van der Waals surface area (Å²) in [5, 5.41) is 14.1. The molecule has 6 aromatic rings. The van der Waals surface area contributed by atoms with Gasteiger partial charge in [0.15, 0.2) is 9.84 Å². The van der Waals surface area contributed by atoms with Crippen molar-refractivity contribution in [2.45, 2.75) is 82.6 Å². The minimum Gasteiger partial charge on any atom is -0.495 e. The number of hydrazine groups is 2. The second-order valence-electron chi connectivity index (χ2n) is 16.9. The minimum absolute atomic E-state index is 0.0364. The van der Waals surface area contributed by atoms with Crippen LogP contribution < -0.4 is 46.2 Å². The number of carbonyl (C=O) groups is 2. The van der Waals surface area contributed by atoms with Crippen LogP contribution >= 0.6 is 11.8 Å². The number of primary sulfonamides is 1. The third-order valence-corrected chi connectivity index (χ3v) is 15.5. The molecule has 0 saturated heterocycles. The number of nitrogens with two attached hydrogens (primary N) is 2. The Kier molecular flexibility index (Phi) is 25.3. The number of amidine groups is 1. The Morgan fingerprint density at radius 1 is 0.636 bits per heavy atom. The number of para-hydroxylation sites is 1. The van der Waals surface area contributed by atoms with E-state index in [0.717, 1.165) is 38.9 Å². The van der Waals surface area contributed by atoms with E-state index >= 15 is 0 Å². The number of nitrogens with one attached hydrogen (secondary N) is 3. The zero-order valence-corrected chi connectivity index (χ0v) is 47.2. The van der Waals surface area contributed by atoms with E-state index in [2.05, 4.69) is 45.7 Å². The number of sulfonamides is 1. The minimum atomic E-state index is -3.81. The number of nitrogens with zero attached hydrogens (tertiary/aromatic N) is 8. The van der Waals surface area contributed by atoms with E-state index in [9.17, 15) is 26.4 Å². The number of rotatable bonds is 16. The number of thiocyanates is 1. The maximum atomic E-state index is 13.5. The van der Waals surface area contributed by atoms with Crippen molar-refractivity contribution in [2.75, 3.05) is 34.2 Å². The number of nitrogen functional groups attached to an aromatic ring is 1. The molecule has 7 N–H and O–H groups in total. The first kappa shape index (κ1) is 63.5. The number of aryl methyl sites for hydroxylation is 4. The molecule has 0 aliphatic carbocycles. The summed E-state index contributed by atoms with van der Waals surface area (Å²) >= 11 is 1.03. The third-order valence-electron chi connectivity index (χ3n) is 11.2. The maximum Gasteiger partial charge on any atom is 0.271 e. The molecule has 0 unspecified atom stereocenters. The Labute approximate surface area is 454 Å². The molecule has 0 bridgehead atoms. The molecular weight excluding hydrogens is 1050 g/mol. The second-order valence-corrected chi connectivity index (χ2v) is 22.0. The number of methoxy groups -OCH3 is 4. The van der Waals surface area contributed by atoms with Crippen molar-refractivity contribution >= 4 is 55.0 Å². The average molecular weight is 1120 g/mol. The van der Waals surface area contributed by atoms with Crippen LogP contribution in [0, 0.1) is 38.4 Å². The zero-order chi connectivity index (χ0) is 57.5. The molecule has 4 atom stereocenters. The summed E-state index contributed by atoms with van der Waals surface area (Å²) in [7, 11) is -1.29. The molecule has 77 heavy (non-hydrogen) atoms. The molecular formula is C51H65N13O10S3. The number of hydrogen-bond donors (Lipinski definition) is 5. The average Bonchev–Trinajstić information content (AvgIpc) is 3.42. The molecule has 2 aromatic carbocycles. The van der Waals surface area contributed by atoms with Crippen LogP contribution in [-0.2, 0) is 19.9 Å². The van der Waals surface area contributed by atoms with E-state index in [0.29, 0.717) is 45.8 Å². The van der Waals surface area contributed by atoms with Crippen molar-refractivity contribution in [1.82, 2.24) is 46.2 Å². The lowest BCUT2D eigenvalue weighted by molar-refractivity contribution is 0.0939. The van der Waals surface area contributed by atoms with Gasteiger partial charge in [-0.15, -0.1) is 0 Å². The van der Waals surface area contributed by atoms with E-state index < -0.39 is 47.9 Å². The van der Waals surface area contributed by atoms with Crippen LogP contribution in [0.4, 0.5) is 5.69 Å². The van der Waals surface area contributed by atoms with Gasteiger partial charge in [-0.25, -0.2) is 52.7 Å². The summed E-state index contributed by atoms with van der Waals surface area (Å²) in [5.74, 6) is 5.72. The molecule has 4 heterocycles. The Morgan fingerprint density at radius 2 is 1.05 bits per heavy atom. The molecule has 0 spiro atoms. The summed E-state index contributed by atoms with van der Waals surface area (Å²) < 4.78 is 70.3. The Balaban J connectivity index is 0.000000323. The number of benzene rings is 2. The number of carbonyl (C=O) groups excluding carboxylic acids is 2. The van der Waals surface area contributed by atoms with Crippen molar-refractivity contribution in [1.29, 1.82) is 5.26 Å². The second kappa shape index (κ2) is 30.7. The number of amides is 2. The monoisotopic (exact) mass is 1120 g/mol. The lowest BCUT2D eigenvalue weighted by Crippen LogP contribution is -2.45. The van der Waals surface area contributed by atoms with Gasteiger partial charge in [-0.1, -0.05) is 26.0 Å². The lowest BCUT2D eigenvalue weighted by Gasteiger charge is -2.21. The highest BCUT2D eigenvalue weighted by molar-refractivity contribution is 8.04. The van der Waals surface area contributed by atoms with Crippen molar-refractivity contribution in [3.05, 3.63) is 143 Å². The summed E-state index contributed by atoms with van der Waals surface area (Å²) in [6, 6.07) is 13.8. The van der Waals surface area contributed by atoms with Crippen LogP contribution in [0.15, 0.2) is 108 Å². The number of hydrogen-bond acceptors (Lipinski definition) is 20. The fourth-order valence-electron chi connectivity index (χ4n) is 6.39. The molecule has 0 saturated carbocycles. The number of aliphatic imine (C=N–C) groups is 1. The highest BCUT2D eigenvalue weighted by Crippen LogP contribution is 2.38. The number of ether oxygens (including phenoxy) is 4. The highest BCUT2D eigenvalue weighted by Gasteiger charge is 2.31. The molecule has 23 nitrogen and oxygen atoms in total. The smallest absolute Gasteiger partial charge is 0.271 e. The summed E-state index contributed by atoms with van der Waals surface area (Å²) in [6.45, 7) is 14.1. The molecule has 4 aromatic heterocycles. The van der Waals surface area contributed by atoms with Crippen molar-refractivity contribution in [3.8, 4) is 28.4 Å². The first-order valence-electron chi connectivity index (χ1n) is 23.2. The number of nitriles is 1. The van der Waals surface area contributed by atoms with Crippen molar-refractivity contribution in [2.24, 2.45) is 16.0 Å². The van der Waals surface area contributed by atoms with Crippen molar-refractivity contribution in [3.63, 3.8) is 0 Å². The van der Waals surface area contributed by atoms with E-state index in [4.69, 9.17) is 35.2 Å². The van der Waals surface area contributed by atoms with Gasteiger partial charge in [0, 0.05) is 61.4 Å². The van der Waals surface area contributed by atoms with Gasteiger partial charge in [0.2, 0.25) is 10.0 Å². The molecule has 412 valence electrons. The van der Waals surface area contributed by atoms with Gasteiger partial charge < -0.3 is 18.9 Å². The SMILES string of the molecule is COc1cccc(OC)c1N=C(CS(=O)(=O)[C@@H](C)[C@H](C)c1ncc(C)cn1)NNC(=O)c1cncc(C)c1.COc1cccc(OC)c1SC#N.Cc1cnc([C@@H](C)[C@H](C)S(N)(=O)=O)nc1.Cc1cncc(C(=O)NN)c1. The third kappa shape index (κ3) is 19.7. The number of thioether (sulfide) groups is 1. The van der Waals surface area contributed by atoms with Gasteiger partial charge >= 0.3 is 0 Å². The van der Waals surface area contributed by atoms with Crippen LogP contribution in [0.1, 0.15) is 94.1 Å². The summed E-state index contributed by atoms with van der Waals surface area (Å²) in [6.07, 6.45) is 12.8. The topological polar surface area (TPSA) is 341 Å². The lowest BCUT2D eigenvalue weighted by atomic mass is 10.1. The molecule has 0 aliphatic rings. The van der Waals surface area contributed by atoms with Crippen molar-refractivity contribution < 1.29 is 45.4 Å². The number of sulfone groups is 1. The highest BCUT2D eigenvalue weighted by atomic mass is 32.2. The fraction of sp³-hybridized carbons (Fsp3) is 0.333. The van der Waals surface area contributed by atoms with Crippen LogP contribution in [-0.4, -0.2) is 109 Å². The van der Waals surface area contributed by atoms with Crippen LogP contribution in [0.5, 0.6) is 23.0 Å². The van der Waals surface area contributed by atoms with E-state index in [1.807, 2.05) is 44.6 Å².